The summed E-state index contributed by atoms with van der Waals surface area (Å²) in [5.74, 6) is -1.26. The van der Waals surface area contributed by atoms with Gasteiger partial charge in [-0.25, -0.2) is 4.39 Å². The summed E-state index contributed by atoms with van der Waals surface area (Å²) >= 11 is 0. The quantitative estimate of drug-likeness (QED) is 0.225. The number of hydrogen-bond donors (Lipinski definition) is 2. The monoisotopic (exact) mass is 611 g/mol. The Kier molecular flexibility index (Phi) is 8.08. The number of benzene rings is 2. The standard InChI is InChI=1S/C30H29F4N7O3/c31-28-23(19-2-1-9-40(17-19)27(43)5-10-41-13-8-36-38-41)16-24(25-14-20(18-42)37-29(25)28)22-4-3-21(39-11-6-35-7-12-39)15-26(22)44-30(32,33)34/h2-4,8,13-16,18,35,37H,1,5-7,9-12,17H2. The second kappa shape index (κ2) is 12.1. The van der Waals surface area contributed by atoms with Crippen LogP contribution in [0, 0.1) is 5.82 Å². The number of carbonyl (C=O) groups excluding carboxylic acids is 2. The Morgan fingerprint density at radius 3 is 2.61 bits per heavy atom. The van der Waals surface area contributed by atoms with Crippen LogP contribution < -0.4 is 15.0 Å². The Morgan fingerprint density at radius 1 is 1.07 bits per heavy atom. The summed E-state index contributed by atoms with van der Waals surface area (Å²) in [5.41, 5.74) is 1.55. The molecular weight excluding hydrogens is 582 g/mol. The van der Waals surface area contributed by atoms with E-state index in [1.165, 1.54) is 30.5 Å². The van der Waals surface area contributed by atoms with E-state index in [-0.39, 0.29) is 52.2 Å². The number of H-pyrrole nitrogens is 1. The van der Waals surface area contributed by atoms with E-state index in [2.05, 4.69) is 25.3 Å². The van der Waals surface area contributed by atoms with Crippen LogP contribution in [0.4, 0.5) is 23.2 Å². The average Bonchev–Trinajstić information content (AvgIpc) is 3.71. The van der Waals surface area contributed by atoms with Gasteiger partial charge >= 0.3 is 6.36 Å². The van der Waals surface area contributed by atoms with Crippen LogP contribution >= 0.6 is 0 Å². The fourth-order valence-electron chi connectivity index (χ4n) is 5.74. The number of aryl methyl sites for hydroxylation is 1. The van der Waals surface area contributed by atoms with Gasteiger partial charge in [0.25, 0.3) is 0 Å². The topological polar surface area (TPSA) is 108 Å². The third-order valence-corrected chi connectivity index (χ3v) is 7.84. The first-order valence-corrected chi connectivity index (χ1v) is 14.2. The molecular formula is C30H29F4N7O3. The number of fused-ring (bicyclic) bond motifs is 1. The number of ether oxygens (including phenoxy) is 1. The lowest BCUT2D eigenvalue weighted by Crippen LogP contribution is -2.43. The number of aldehydes is 1. The minimum absolute atomic E-state index is 0.0285. The maximum atomic E-state index is 16.1. The van der Waals surface area contributed by atoms with Crippen LogP contribution in [0.2, 0.25) is 0 Å². The van der Waals surface area contributed by atoms with Crippen LogP contribution in [0.25, 0.3) is 27.6 Å². The number of amides is 1. The Bertz CT molecular complexity index is 1710. The van der Waals surface area contributed by atoms with Crippen molar-refractivity contribution in [3.05, 3.63) is 65.9 Å². The normalized spacial score (nSPS) is 15.9. The summed E-state index contributed by atoms with van der Waals surface area (Å²) < 4.78 is 63.2. The predicted molar refractivity (Wildman–Crippen MR) is 155 cm³/mol. The van der Waals surface area contributed by atoms with Crippen LogP contribution in [0.1, 0.15) is 28.9 Å². The largest absolute Gasteiger partial charge is 0.573 e. The Balaban J connectivity index is 1.40. The van der Waals surface area contributed by atoms with E-state index < -0.39 is 17.9 Å². The number of aromatic nitrogens is 4. The van der Waals surface area contributed by atoms with Gasteiger partial charge in [-0.1, -0.05) is 11.3 Å². The summed E-state index contributed by atoms with van der Waals surface area (Å²) in [5, 5.41) is 11.0. The summed E-state index contributed by atoms with van der Waals surface area (Å²) in [7, 11) is 0. The zero-order chi connectivity index (χ0) is 30.8. The molecule has 0 spiro atoms. The first-order chi connectivity index (χ1) is 21.2. The van der Waals surface area contributed by atoms with E-state index in [0.717, 1.165) is 0 Å². The second-order valence-electron chi connectivity index (χ2n) is 10.6. The van der Waals surface area contributed by atoms with Crippen molar-refractivity contribution in [3.63, 3.8) is 0 Å². The van der Waals surface area contributed by atoms with E-state index in [1.54, 1.807) is 21.8 Å². The third kappa shape index (κ3) is 6.16. The van der Waals surface area contributed by atoms with E-state index in [9.17, 15) is 22.8 Å². The molecule has 4 heterocycles. The van der Waals surface area contributed by atoms with Crippen molar-refractivity contribution >= 4 is 34.4 Å². The maximum absolute atomic E-state index is 16.1. The SMILES string of the molecule is O=Cc1cc2c(-c3ccc(N4CCNCC4)cc3OC(F)(F)F)cc(C3=CCCN(C(=O)CCn4ccnn4)C3)c(F)c2[nH]1. The molecule has 4 aromatic rings. The Hall–Kier alpha value is -4.72. The fourth-order valence-corrected chi connectivity index (χ4v) is 5.74. The first kappa shape index (κ1) is 29.4. The van der Waals surface area contributed by atoms with Crippen molar-refractivity contribution in [2.45, 2.75) is 25.7 Å². The second-order valence-corrected chi connectivity index (χ2v) is 10.6. The number of nitrogens with one attached hydrogen (secondary N) is 2. The number of carbonyl (C=O) groups is 2. The molecule has 44 heavy (non-hydrogen) atoms. The molecule has 2 aliphatic rings. The first-order valence-electron chi connectivity index (χ1n) is 14.2. The van der Waals surface area contributed by atoms with Gasteiger partial charge in [0.05, 0.1) is 24.0 Å². The molecule has 1 fully saturated rings. The van der Waals surface area contributed by atoms with Gasteiger partial charge in [0.1, 0.15) is 5.75 Å². The fraction of sp³-hybridized carbons (Fsp3) is 0.333. The zero-order valence-corrected chi connectivity index (χ0v) is 23.5. The molecule has 6 rings (SSSR count). The van der Waals surface area contributed by atoms with Crippen molar-refractivity contribution in [2.24, 2.45) is 0 Å². The smallest absolute Gasteiger partial charge is 0.405 e. The minimum atomic E-state index is -4.98. The van der Waals surface area contributed by atoms with Crippen molar-refractivity contribution in [2.75, 3.05) is 44.2 Å². The van der Waals surface area contributed by atoms with Crippen LogP contribution in [-0.2, 0) is 11.3 Å². The van der Waals surface area contributed by atoms with E-state index >= 15 is 4.39 Å². The van der Waals surface area contributed by atoms with E-state index in [1.807, 2.05) is 11.0 Å². The molecule has 0 atom stereocenters. The molecule has 2 aromatic heterocycles. The Labute approximate surface area is 249 Å². The molecule has 0 radical (unpaired) electrons. The Morgan fingerprint density at radius 2 is 1.89 bits per heavy atom. The van der Waals surface area contributed by atoms with E-state index in [0.29, 0.717) is 63.2 Å². The molecule has 2 aliphatic heterocycles. The van der Waals surface area contributed by atoms with Gasteiger partial charge < -0.3 is 24.8 Å². The van der Waals surface area contributed by atoms with Gasteiger partial charge in [-0.15, -0.1) is 18.3 Å². The molecule has 0 aliphatic carbocycles. The van der Waals surface area contributed by atoms with Crippen molar-refractivity contribution in [1.82, 2.24) is 30.2 Å². The van der Waals surface area contributed by atoms with Crippen molar-refractivity contribution in [3.8, 4) is 16.9 Å². The van der Waals surface area contributed by atoms with Gasteiger partial charge in [-0.3, -0.25) is 14.3 Å². The van der Waals surface area contributed by atoms with Gasteiger partial charge in [0, 0.05) is 80.2 Å². The lowest BCUT2D eigenvalue weighted by Gasteiger charge is -2.30. The number of nitrogens with zero attached hydrogens (tertiary/aromatic N) is 5. The summed E-state index contributed by atoms with van der Waals surface area (Å²) in [6, 6.07) is 7.45. The van der Waals surface area contributed by atoms with Gasteiger partial charge in [0.15, 0.2) is 12.1 Å². The molecule has 1 saturated heterocycles. The molecule has 2 aromatic carbocycles. The molecule has 14 heteroatoms. The number of halogens is 4. The number of piperazine rings is 1. The predicted octanol–water partition coefficient (Wildman–Crippen LogP) is 4.39. The third-order valence-electron chi connectivity index (χ3n) is 7.84. The lowest BCUT2D eigenvalue weighted by atomic mass is 9.92. The molecule has 1 amide bonds. The van der Waals surface area contributed by atoms with E-state index in [4.69, 9.17) is 0 Å². The molecule has 10 nitrogen and oxygen atoms in total. The van der Waals surface area contributed by atoms with Crippen LogP contribution in [0.15, 0.2) is 48.8 Å². The number of anilines is 1. The summed E-state index contributed by atoms with van der Waals surface area (Å²) in [4.78, 5) is 31.0. The highest BCUT2D eigenvalue weighted by Gasteiger charge is 2.33. The maximum Gasteiger partial charge on any atom is 0.573 e. The summed E-state index contributed by atoms with van der Waals surface area (Å²) in [6.45, 7) is 3.47. The average molecular weight is 612 g/mol. The minimum Gasteiger partial charge on any atom is -0.405 e. The van der Waals surface area contributed by atoms with Gasteiger partial charge in [-0.2, -0.15) is 0 Å². The lowest BCUT2D eigenvalue weighted by molar-refractivity contribution is -0.274. The molecule has 0 bridgehead atoms. The molecule has 230 valence electrons. The number of rotatable bonds is 8. The van der Waals surface area contributed by atoms with Crippen LogP contribution in [-0.4, -0.2) is 82.7 Å². The highest BCUT2D eigenvalue weighted by Crippen LogP contribution is 2.43. The number of aromatic amines is 1. The highest BCUT2D eigenvalue weighted by atomic mass is 19.4. The molecule has 2 N–H and O–H groups in total. The van der Waals surface area contributed by atoms with Crippen LogP contribution in [0.3, 0.4) is 0 Å². The highest BCUT2D eigenvalue weighted by molar-refractivity contribution is 6.02. The number of hydrogen-bond acceptors (Lipinski definition) is 7. The summed E-state index contributed by atoms with van der Waals surface area (Å²) in [6.07, 6.45) is 1.15. The number of alkyl halides is 3. The van der Waals surface area contributed by atoms with Crippen molar-refractivity contribution < 1.29 is 31.9 Å². The zero-order valence-electron chi connectivity index (χ0n) is 23.5. The molecule has 0 saturated carbocycles. The van der Waals surface area contributed by atoms with Crippen molar-refractivity contribution in [1.29, 1.82) is 0 Å². The van der Waals surface area contributed by atoms with Crippen LogP contribution in [0.5, 0.6) is 5.75 Å². The van der Waals surface area contributed by atoms with Gasteiger partial charge in [-0.05, 0) is 41.8 Å². The molecule has 0 unspecified atom stereocenters. The van der Waals surface area contributed by atoms with Gasteiger partial charge in [0.2, 0.25) is 5.91 Å².